The lowest BCUT2D eigenvalue weighted by atomic mass is 10.0. The van der Waals surface area contributed by atoms with Crippen LogP contribution in [0.2, 0.25) is 0 Å². The predicted octanol–water partition coefficient (Wildman–Crippen LogP) is 6.99. The van der Waals surface area contributed by atoms with Gasteiger partial charge < -0.3 is 5.73 Å². The van der Waals surface area contributed by atoms with E-state index in [4.69, 9.17) is 5.73 Å². The number of nitrogens with two attached hydrogens (primary N) is 1. The highest BCUT2D eigenvalue weighted by molar-refractivity contribution is 6.18. The van der Waals surface area contributed by atoms with E-state index < -0.39 is 98.4 Å². The first-order valence-electron chi connectivity index (χ1n) is 13.1. The zero-order chi connectivity index (χ0) is 37.0. The Morgan fingerprint density at radius 2 is 1.00 bits per heavy atom. The summed E-state index contributed by atoms with van der Waals surface area (Å²) in [5.41, 5.74) is -4.67. The molecule has 2 aromatic carbocycles. The van der Waals surface area contributed by atoms with E-state index in [0.29, 0.717) is 28.2 Å². The molecule has 0 aliphatic carbocycles. The smallest absolute Gasteiger partial charge is 0.365 e. The summed E-state index contributed by atoms with van der Waals surface area (Å²) in [6.45, 7) is 0. The van der Waals surface area contributed by atoms with Crippen LogP contribution in [0.4, 0.5) is 57.1 Å². The molecule has 3 aromatic heterocycles. The maximum Gasteiger partial charge on any atom is 0.416 e. The molecule has 262 valence electrons. The van der Waals surface area contributed by atoms with E-state index in [1.165, 1.54) is 0 Å². The van der Waals surface area contributed by atoms with Gasteiger partial charge in [-0.1, -0.05) is 0 Å². The Morgan fingerprint density at radius 3 is 1.32 bits per heavy atom. The summed E-state index contributed by atoms with van der Waals surface area (Å²) in [5.74, 6) is -5.17. The van der Waals surface area contributed by atoms with Crippen molar-refractivity contribution in [1.29, 1.82) is 0 Å². The third-order valence-electron chi connectivity index (χ3n) is 6.62. The van der Waals surface area contributed by atoms with Gasteiger partial charge in [0.2, 0.25) is 0 Å². The first-order valence-corrected chi connectivity index (χ1v) is 13.1. The van der Waals surface area contributed by atoms with Crippen LogP contribution >= 0.6 is 0 Å². The highest BCUT2D eigenvalue weighted by atomic mass is 19.4. The van der Waals surface area contributed by atoms with Crippen LogP contribution in [0.25, 0.3) is 28.3 Å². The predicted molar refractivity (Wildman–Crippen MR) is 142 cm³/mol. The number of carbonyl (C=O) groups is 1. The minimum atomic E-state index is -5.27. The highest BCUT2D eigenvalue weighted by Crippen LogP contribution is 2.40. The molecule has 0 bridgehead atoms. The topological polar surface area (TPSA) is 117 Å². The molecule has 2 N–H and O–H groups in total. The molecule has 5 rings (SSSR count). The fourth-order valence-corrected chi connectivity index (χ4v) is 4.44. The second kappa shape index (κ2) is 12.2. The Hall–Kier alpha value is -5.83. The van der Waals surface area contributed by atoms with Gasteiger partial charge in [-0.05, 0) is 42.5 Å². The van der Waals surface area contributed by atoms with E-state index in [2.05, 4.69) is 25.1 Å². The molecule has 9 nitrogen and oxygen atoms in total. The summed E-state index contributed by atoms with van der Waals surface area (Å²) in [6, 6.07) is 1.65. The summed E-state index contributed by atoms with van der Waals surface area (Å²) in [7, 11) is 0. The lowest BCUT2D eigenvalue weighted by Gasteiger charge is -2.14. The van der Waals surface area contributed by atoms with Gasteiger partial charge in [0.05, 0.1) is 34.0 Å². The second-order valence-electron chi connectivity index (χ2n) is 10.0. The van der Waals surface area contributed by atoms with Crippen LogP contribution in [0, 0.1) is 11.6 Å². The van der Waals surface area contributed by atoms with Gasteiger partial charge in [-0.3, -0.25) is 9.78 Å². The van der Waals surface area contributed by atoms with Crippen molar-refractivity contribution in [2.45, 2.75) is 24.7 Å². The Morgan fingerprint density at radius 1 is 0.620 bits per heavy atom. The number of aromatic nitrogens is 7. The number of hydrogen-bond acceptors (Lipinski definition) is 6. The van der Waals surface area contributed by atoms with Gasteiger partial charge in [0.25, 0.3) is 5.91 Å². The van der Waals surface area contributed by atoms with E-state index in [1.807, 2.05) is 0 Å². The highest BCUT2D eigenvalue weighted by Gasteiger charge is 2.39. The van der Waals surface area contributed by atoms with Gasteiger partial charge in [-0.2, -0.15) is 52.7 Å². The van der Waals surface area contributed by atoms with E-state index in [0.717, 1.165) is 12.3 Å². The third-order valence-corrected chi connectivity index (χ3v) is 6.62. The minimum absolute atomic E-state index is 0.168. The van der Waals surface area contributed by atoms with Crippen molar-refractivity contribution in [3.63, 3.8) is 0 Å². The van der Waals surface area contributed by atoms with Crippen LogP contribution in [0.3, 0.4) is 0 Å². The van der Waals surface area contributed by atoms with E-state index in [1.54, 1.807) is 0 Å². The molecular weight excluding hydrogens is 711 g/mol. The molecule has 0 saturated heterocycles. The molecule has 50 heavy (non-hydrogen) atoms. The molecule has 0 unspecified atom stereocenters. The molecule has 0 radical (unpaired) electrons. The number of carbonyl (C=O) groups excluding carboxylic acids is 1. The van der Waals surface area contributed by atoms with Gasteiger partial charge in [-0.15, -0.1) is 10.2 Å². The quantitative estimate of drug-likeness (QED) is 0.149. The molecule has 0 aliphatic heterocycles. The summed E-state index contributed by atoms with van der Waals surface area (Å²) in [5, 5.41) is 7.64. The standard InChI is InChI=1S/C28H13F13N8O/c29-19-9-43-2-1-18(19)20(21(42)50)24(48-10-44-22(46-48)12-3-14(25(30,31)32)7-15(4-12)26(33,34)35)49-11-45-23(47-49)13-5-16(27(36,37)38)8-17(6-13)28(39,40)41/h1-11H,(H2,42,50). The average Bonchev–Trinajstić information content (AvgIpc) is 3.69. The zero-order valence-electron chi connectivity index (χ0n) is 23.9. The van der Waals surface area contributed by atoms with Crippen LogP contribution in [0.1, 0.15) is 27.8 Å². The number of nitrogens with zero attached hydrogens (tertiary/aromatic N) is 7. The Balaban J connectivity index is 1.76. The molecule has 0 atom stereocenters. The molecule has 3 heterocycles. The van der Waals surface area contributed by atoms with Crippen LogP contribution < -0.4 is 5.73 Å². The molecule has 0 spiro atoms. The van der Waals surface area contributed by atoms with Gasteiger partial charge in [-0.25, -0.2) is 23.7 Å². The Labute approximate surface area is 268 Å². The first kappa shape index (κ1) is 35.5. The van der Waals surface area contributed by atoms with E-state index in [-0.39, 0.29) is 36.4 Å². The summed E-state index contributed by atoms with van der Waals surface area (Å²) < 4.78 is 178. The monoisotopic (exact) mass is 724 g/mol. The fraction of sp³-hybridized carbons (Fsp3) is 0.143. The molecular formula is C28H13F13N8O. The largest absolute Gasteiger partial charge is 0.416 e. The number of rotatable bonds is 6. The third kappa shape index (κ3) is 7.27. The average molecular weight is 724 g/mol. The number of amides is 1. The maximum absolute atomic E-state index is 14.9. The lowest BCUT2D eigenvalue weighted by Crippen LogP contribution is -2.24. The Bertz CT molecular complexity index is 1940. The van der Waals surface area contributed by atoms with E-state index in [9.17, 15) is 61.9 Å². The molecule has 0 fully saturated rings. The normalized spacial score (nSPS) is 12.7. The summed E-state index contributed by atoms with van der Waals surface area (Å²) in [4.78, 5) is 23.7. The molecule has 1 amide bonds. The van der Waals surface area contributed by atoms with Crippen molar-refractivity contribution in [2.75, 3.05) is 0 Å². The van der Waals surface area contributed by atoms with Crippen molar-refractivity contribution in [3.05, 3.63) is 107 Å². The first-order chi connectivity index (χ1) is 23.0. The lowest BCUT2D eigenvalue weighted by molar-refractivity contribution is -0.144. The maximum atomic E-state index is 14.9. The number of alkyl halides is 12. The minimum Gasteiger partial charge on any atom is -0.365 e. The van der Waals surface area contributed by atoms with Crippen molar-refractivity contribution in [1.82, 2.24) is 34.5 Å². The number of benzene rings is 2. The molecule has 5 aromatic rings. The van der Waals surface area contributed by atoms with E-state index >= 15 is 0 Å². The van der Waals surface area contributed by atoms with Gasteiger partial charge in [0.15, 0.2) is 17.5 Å². The molecule has 0 aliphatic rings. The van der Waals surface area contributed by atoms with Gasteiger partial charge in [0.1, 0.15) is 18.5 Å². The second-order valence-corrected chi connectivity index (χ2v) is 10.0. The zero-order valence-corrected chi connectivity index (χ0v) is 23.9. The molecule has 22 heteroatoms. The number of pyridine rings is 1. The van der Waals surface area contributed by atoms with Crippen molar-refractivity contribution in [3.8, 4) is 22.8 Å². The van der Waals surface area contributed by atoms with Crippen LogP contribution in [-0.2, 0) is 29.5 Å². The summed E-state index contributed by atoms with van der Waals surface area (Å²) in [6.07, 6.45) is -18.3. The van der Waals surface area contributed by atoms with Crippen LogP contribution in [0.15, 0.2) is 67.5 Å². The summed E-state index contributed by atoms with van der Waals surface area (Å²) >= 11 is 0. The van der Waals surface area contributed by atoms with Crippen molar-refractivity contribution in [2.24, 2.45) is 5.73 Å². The van der Waals surface area contributed by atoms with Crippen molar-refractivity contribution < 1.29 is 61.9 Å². The van der Waals surface area contributed by atoms with Gasteiger partial charge >= 0.3 is 24.7 Å². The Kier molecular flexibility index (Phi) is 8.69. The number of halogens is 13. The molecule has 0 saturated carbocycles. The van der Waals surface area contributed by atoms with Crippen molar-refractivity contribution >= 4 is 11.5 Å². The van der Waals surface area contributed by atoms with Crippen LogP contribution in [-0.4, -0.2) is 40.4 Å². The number of primary amides is 1. The SMILES string of the molecule is NC(=O)C(=C(n1cnc(-c2cc(C(F)(F)F)cc(C(F)(F)F)c2)n1)n1cnc(-c2cc(C(F)(F)F)cc(C(F)(F)F)c2)n1)c1ccncc1F. The number of hydrogen-bond donors (Lipinski definition) is 1. The fourth-order valence-electron chi connectivity index (χ4n) is 4.44. The van der Waals surface area contributed by atoms with Crippen LogP contribution in [0.5, 0.6) is 0 Å². The van der Waals surface area contributed by atoms with Gasteiger partial charge in [0, 0.05) is 22.9 Å².